The molecule has 0 spiro atoms. The Hall–Kier alpha value is -0.366. The van der Waals surface area contributed by atoms with Crippen LogP contribution in [-0.4, -0.2) is 18.4 Å². The molecular formula is C15H16Cl2NOPTi. The number of phenols is 1. The molecule has 0 heterocycles. The summed E-state index contributed by atoms with van der Waals surface area (Å²) in [7, 11) is 12.0. The summed E-state index contributed by atoms with van der Waals surface area (Å²) in [5.41, 5.74) is 2.27. The van der Waals surface area contributed by atoms with E-state index in [-0.39, 0.29) is 0 Å². The minimum absolute atomic E-state index is 0.363. The second-order valence-corrected chi connectivity index (χ2v) is 8.10. The van der Waals surface area contributed by atoms with Crippen molar-refractivity contribution < 1.29 is 22.1 Å². The zero-order valence-electron chi connectivity index (χ0n) is 11.8. The van der Waals surface area contributed by atoms with Crippen molar-refractivity contribution in [1.29, 1.82) is 0 Å². The Balaban J connectivity index is 0.000000677. The van der Waals surface area contributed by atoms with Crippen LogP contribution in [0.3, 0.4) is 0 Å². The molecule has 1 N–H and O–H groups in total. The molecule has 110 valence electrons. The van der Waals surface area contributed by atoms with E-state index in [4.69, 9.17) is 18.6 Å². The maximum absolute atomic E-state index is 9.89. The first-order valence-electron chi connectivity index (χ1n) is 6.16. The van der Waals surface area contributed by atoms with Gasteiger partial charge in [0.05, 0.1) is 0 Å². The molecule has 2 nitrogen and oxygen atoms in total. The molecule has 0 aliphatic heterocycles. The van der Waals surface area contributed by atoms with Gasteiger partial charge in [-0.25, -0.2) is 0 Å². The van der Waals surface area contributed by atoms with E-state index in [1.807, 2.05) is 43.5 Å². The topological polar surface area (TPSA) is 32.6 Å². The van der Waals surface area contributed by atoms with Crippen molar-refractivity contribution in [2.75, 3.05) is 7.05 Å². The van der Waals surface area contributed by atoms with E-state index in [1.54, 1.807) is 13.1 Å². The molecule has 21 heavy (non-hydrogen) atoms. The van der Waals surface area contributed by atoms with Gasteiger partial charge in [-0.15, -0.1) is 0 Å². The fourth-order valence-electron chi connectivity index (χ4n) is 1.76. The number of nitrogens with zero attached hydrogens (tertiary/aromatic N) is 1. The monoisotopic (exact) mass is 375 g/mol. The van der Waals surface area contributed by atoms with Gasteiger partial charge in [0.1, 0.15) is 5.75 Å². The average molecular weight is 376 g/mol. The van der Waals surface area contributed by atoms with Crippen molar-refractivity contribution >= 4 is 44.0 Å². The van der Waals surface area contributed by atoms with Crippen LogP contribution >= 0.6 is 27.2 Å². The minimum atomic E-state index is -0.556. The van der Waals surface area contributed by atoms with Crippen LogP contribution in [0, 0.1) is 6.92 Å². The molecule has 0 aromatic heterocycles. The average Bonchev–Trinajstić information content (AvgIpc) is 2.46. The number of benzene rings is 2. The number of phenolic OH excluding ortho intramolecular Hbond substituents is 1. The van der Waals surface area contributed by atoms with Crippen LogP contribution in [0.15, 0.2) is 47.5 Å². The summed E-state index contributed by atoms with van der Waals surface area (Å²) < 4.78 is 0. The van der Waals surface area contributed by atoms with Crippen molar-refractivity contribution in [2.24, 2.45) is 4.99 Å². The first-order chi connectivity index (χ1) is 10.1. The molecule has 1 unspecified atom stereocenters. The van der Waals surface area contributed by atoms with Gasteiger partial charge in [-0.05, 0) is 29.9 Å². The molecule has 2 aromatic carbocycles. The fourth-order valence-corrected chi connectivity index (χ4v) is 3.03. The predicted molar refractivity (Wildman–Crippen MR) is 92.1 cm³/mol. The molecule has 6 heteroatoms. The van der Waals surface area contributed by atoms with Gasteiger partial charge in [-0.2, -0.15) is 0 Å². The zero-order chi connectivity index (χ0) is 15.7. The van der Waals surface area contributed by atoms with Gasteiger partial charge in [0.2, 0.25) is 0 Å². The summed E-state index contributed by atoms with van der Waals surface area (Å²) in [5, 5.41) is 12.1. The molecular weight excluding hydrogens is 360 g/mol. The van der Waals surface area contributed by atoms with Crippen LogP contribution in [0.1, 0.15) is 11.1 Å². The first kappa shape index (κ1) is 18.7. The molecule has 0 amide bonds. The van der Waals surface area contributed by atoms with E-state index in [1.165, 1.54) is 5.30 Å². The molecule has 0 aliphatic rings. The number of aliphatic imine (C=N–C) groups is 1. The quantitative estimate of drug-likeness (QED) is 0.494. The summed E-state index contributed by atoms with van der Waals surface area (Å²) in [5.74, 6) is 0.363. The van der Waals surface area contributed by atoms with Crippen molar-refractivity contribution in [2.45, 2.75) is 6.92 Å². The maximum atomic E-state index is 9.89. The van der Waals surface area contributed by atoms with E-state index in [0.717, 1.165) is 16.4 Å². The second-order valence-electron chi connectivity index (χ2n) is 4.19. The number of aryl methyl sites for hydroxylation is 1. The van der Waals surface area contributed by atoms with Crippen LogP contribution in [-0.2, 0) is 17.0 Å². The second kappa shape index (κ2) is 10.4. The van der Waals surface area contributed by atoms with E-state index >= 15 is 0 Å². The van der Waals surface area contributed by atoms with Crippen LogP contribution in [0.25, 0.3) is 0 Å². The summed E-state index contributed by atoms with van der Waals surface area (Å²) in [4.78, 5) is 4.07. The van der Waals surface area contributed by atoms with Gasteiger partial charge in [-0.1, -0.05) is 44.5 Å². The molecule has 0 bridgehead atoms. The number of rotatable bonds is 3. The van der Waals surface area contributed by atoms with Crippen LogP contribution in [0.4, 0.5) is 0 Å². The molecule has 0 saturated carbocycles. The van der Waals surface area contributed by atoms with Gasteiger partial charge in [-0.3, -0.25) is 4.99 Å². The fraction of sp³-hybridized carbons (Fsp3) is 0.133. The standard InChI is InChI=1S/C15H16NOP.2ClH.Ti/c1-11-7-8-13(17)15(9-11)18-14-6-4-3-5-12(14)10-16-2;;;/h3-10,17-18H,1-2H3;2*1H;/q;;;+2/p-2. The van der Waals surface area contributed by atoms with E-state index in [0.29, 0.717) is 14.3 Å². The zero-order valence-corrected chi connectivity index (χ0v) is 15.8. The Morgan fingerprint density at radius 1 is 1.14 bits per heavy atom. The van der Waals surface area contributed by atoms with Crippen molar-refractivity contribution in [3.8, 4) is 5.75 Å². The molecule has 0 fully saturated rings. The van der Waals surface area contributed by atoms with E-state index < -0.39 is 17.0 Å². The van der Waals surface area contributed by atoms with Gasteiger partial charge >= 0.3 is 35.6 Å². The van der Waals surface area contributed by atoms with E-state index in [2.05, 4.69) is 11.1 Å². The summed E-state index contributed by atoms with van der Waals surface area (Å²) in [6, 6.07) is 13.9. The van der Waals surface area contributed by atoms with E-state index in [9.17, 15) is 5.11 Å². The van der Waals surface area contributed by atoms with Gasteiger partial charge in [0, 0.05) is 18.6 Å². The van der Waals surface area contributed by atoms with Crippen molar-refractivity contribution in [1.82, 2.24) is 0 Å². The third-order valence-corrected chi connectivity index (χ3v) is 4.04. The third-order valence-electron chi connectivity index (χ3n) is 2.65. The van der Waals surface area contributed by atoms with Gasteiger partial charge in [0.25, 0.3) is 0 Å². The number of hydrogen-bond donors (Lipinski definition) is 1. The van der Waals surface area contributed by atoms with Crippen LogP contribution in [0.2, 0.25) is 0 Å². The number of hydrogen-bond acceptors (Lipinski definition) is 2. The molecule has 2 rings (SSSR count). The summed E-state index contributed by atoms with van der Waals surface area (Å²) >= 11 is -0.556. The molecule has 2 aromatic rings. The third kappa shape index (κ3) is 6.51. The van der Waals surface area contributed by atoms with Crippen LogP contribution < -0.4 is 10.6 Å². The van der Waals surface area contributed by atoms with Gasteiger partial charge < -0.3 is 5.11 Å². The summed E-state index contributed by atoms with van der Waals surface area (Å²) in [6.45, 7) is 2.03. The molecule has 0 radical (unpaired) electrons. The molecule has 0 aliphatic carbocycles. The summed E-state index contributed by atoms with van der Waals surface area (Å²) in [6.07, 6.45) is 1.86. The molecule has 0 saturated heterocycles. The Bertz CT molecular complexity index is 608. The van der Waals surface area contributed by atoms with Crippen LogP contribution in [0.5, 0.6) is 5.75 Å². The number of aromatic hydroxyl groups is 1. The Morgan fingerprint density at radius 2 is 1.81 bits per heavy atom. The molecule has 1 atom stereocenters. The normalized spacial score (nSPS) is 10.7. The van der Waals surface area contributed by atoms with Crippen molar-refractivity contribution in [3.05, 3.63) is 53.6 Å². The Morgan fingerprint density at radius 3 is 2.48 bits per heavy atom. The SMILES string of the molecule is CN=Cc1ccccc1Pc1cc(C)ccc1O.[Cl][Ti][Cl]. The Labute approximate surface area is 144 Å². The van der Waals surface area contributed by atoms with Gasteiger partial charge in [0.15, 0.2) is 0 Å². The number of halogens is 2. The first-order valence-corrected chi connectivity index (χ1v) is 11.5. The Kier molecular flexibility index (Phi) is 9.23. The van der Waals surface area contributed by atoms with Crippen molar-refractivity contribution in [3.63, 3.8) is 0 Å². The predicted octanol–water partition coefficient (Wildman–Crippen LogP) is 3.76.